The number of carbonyl (C=O) groups excluding carboxylic acids is 2. The van der Waals surface area contributed by atoms with Crippen LogP contribution in [0.25, 0.3) is 6.08 Å². The molecule has 178 valence electrons. The summed E-state index contributed by atoms with van der Waals surface area (Å²) in [6.45, 7) is 2.46. The van der Waals surface area contributed by atoms with Crippen LogP contribution < -0.4 is 19.3 Å². The minimum absolute atomic E-state index is 0.0633. The van der Waals surface area contributed by atoms with Crippen LogP contribution in [0.3, 0.4) is 0 Å². The quantitative estimate of drug-likeness (QED) is 0.227. The summed E-state index contributed by atoms with van der Waals surface area (Å²) in [7, 11) is 1.50. The number of anilines is 2. The van der Waals surface area contributed by atoms with Crippen molar-refractivity contribution in [3.05, 3.63) is 89.0 Å². The zero-order valence-corrected chi connectivity index (χ0v) is 20.8. The van der Waals surface area contributed by atoms with E-state index in [0.717, 1.165) is 6.42 Å². The van der Waals surface area contributed by atoms with Crippen LogP contribution in [-0.4, -0.2) is 30.6 Å². The number of thiocarbonyl (C=S) groups is 1. The number of carbonyl (C=O) groups is 2. The third-order valence-corrected chi connectivity index (χ3v) is 5.94. The molecule has 6 nitrogen and oxygen atoms in total. The first kappa shape index (κ1) is 24.4. The molecule has 1 fully saturated rings. The monoisotopic (exact) mass is 506 g/mol. The van der Waals surface area contributed by atoms with Crippen molar-refractivity contribution in [2.75, 3.05) is 23.5 Å². The molecule has 1 aliphatic heterocycles. The molecule has 0 saturated carbocycles. The Bertz CT molecular complexity index is 1230. The molecular weight excluding hydrogens is 484 g/mol. The summed E-state index contributed by atoms with van der Waals surface area (Å²) in [6.07, 6.45) is 2.30. The Balaban J connectivity index is 1.84. The predicted octanol–water partition coefficient (Wildman–Crippen LogP) is 5.89. The molecule has 0 unspecified atom stereocenters. The van der Waals surface area contributed by atoms with Crippen LogP contribution in [0, 0.1) is 0 Å². The second-order valence-corrected chi connectivity index (χ2v) is 8.45. The van der Waals surface area contributed by atoms with Gasteiger partial charge < -0.3 is 9.47 Å². The zero-order chi connectivity index (χ0) is 24.9. The van der Waals surface area contributed by atoms with Gasteiger partial charge in [0.2, 0.25) is 0 Å². The summed E-state index contributed by atoms with van der Waals surface area (Å²) in [5, 5.41) is 0.393. The van der Waals surface area contributed by atoms with Gasteiger partial charge >= 0.3 is 0 Å². The van der Waals surface area contributed by atoms with Crippen molar-refractivity contribution in [1.29, 1.82) is 0 Å². The Morgan fingerprint density at radius 3 is 1.94 bits per heavy atom. The van der Waals surface area contributed by atoms with Crippen LogP contribution in [0.2, 0.25) is 5.02 Å². The molecular formula is C27H23ClN2O4S. The average Bonchev–Trinajstić information content (AvgIpc) is 2.87. The van der Waals surface area contributed by atoms with Gasteiger partial charge in [0.05, 0.1) is 30.1 Å². The van der Waals surface area contributed by atoms with Crippen molar-refractivity contribution in [3.8, 4) is 11.5 Å². The van der Waals surface area contributed by atoms with E-state index in [-0.39, 0.29) is 10.7 Å². The Labute approximate surface area is 214 Å². The molecule has 2 amide bonds. The number of halogens is 1. The maximum absolute atomic E-state index is 13.6. The zero-order valence-electron chi connectivity index (χ0n) is 19.2. The molecule has 3 aromatic rings. The summed E-state index contributed by atoms with van der Waals surface area (Å²) < 4.78 is 11.2. The minimum Gasteiger partial charge on any atom is -0.493 e. The van der Waals surface area contributed by atoms with Crippen LogP contribution in [0.4, 0.5) is 11.4 Å². The van der Waals surface area contributed by atoms with Gasteiger partial charge in [-0.15, -0.1) is 0 Å². The van der Waals surface area contributed by atoms with Gasteiger partial charge in [-0.2, -0.15) is 0 Å². The Kier molecular flexibility index (Phi) is 7.48. The highest BCUT2D eigenvalue weighted by Gasteiger charge is 2.41. The van der Waals surface area contributed by atoms with Crippen molar-refractivity contribution in [2.24, 2.45) is 0 Å². The van der Waals surface area contributed by atoms with Crippen molar-refractivity contribution in [2.45, 2.75) is 13.3 Å². The van der Waals surface area contributed by atoms with Gasteiger partial charge in [-0.05, 0) is 66.7 Å². The first-order valence-corrected chi connectivity index (χ1v) is 11.8. The normalized spacial score (nSPS) is 13.8. The molecule has 0 spiro atoms. The van der Waals surface area contributed by atoms with Crippen LogP contribution in [0.5, 0.6) is 11.5 Å². The Morgan fingerprint density at radius 1 is 0.914 bits per heavy atom. The highest BCUT2D eigenvalue weighted by Crippen LogP contribution is 2.38. The van der Waals surface area contributed by atoms with Gasteiger partial charge in [-0.3, -0.25) is 19.4 Å². The summed E-state index contributed by atoms with van der Waals surface area (Å²) >= 11 is 12.1. The highest BCUT2D eigenvalue weighted by atomic mass is 35.5. The van der Waals surface area contributed by atoms with Crippen molar-refractivity contribution in [1.82, 2.24) is 0 Å². The summed E-state index contributed by atoms with van der Waals surface area (Å²) in [6, 6.07) is 21.3. The third-order valence-electron chi connectivity index (χ3n) is 5.29. The van der Waals surface area contributed by atoms with Gasteiger partial charge in [-0.1, -0.05) is 54.9 Å². The number of para-hydroxylation sites is 2. The van der Waals surface area contributed by atoms with Gasteiger partial charge in [-0.25, -0.2) is 0 Å². The first-order valence-electron chi connectivity index (χ1n) is 11.0. The predicted molar refractivity (Wildman–Crippen MR) is 142 cm³/mol. The lowest BCUT2D eigenvalue weighted by Gasteiger charge is -2.36. The SMILES string of the molecule is CCCOc1c(Cl)cc(C=C2C(=O)N(c3ccccc3)C(=S)N(c3ccccc3)C2=O)cc1OC. The van der Waals surface area contributed by atoms with Crippen LogP contribution >= 0.6 is 23.8 Å². The topological polar surface area (TPSA) is 59.1 Å². The summed E-state index contributed by atoms with van der Waals surface area (Å²) in [5.41, 5.74) is 1.56. The molecule has 0 N–H and O–H groups in total. The second-order valence-electron chi connectivity index (χ2n) is 7.68. The highest BCUT2D eigenvalue weighted by molar-refractivity contribution is 7.81. The molecule has 0 aromatic heterocycles. The third kappa shape index (κ3) is 4.92. The summed E-state index contributed by atoms with van der Waals surface area (Å²) in [4.78, 5) is 29.9. The molecule has 0 aliphatic carbocycles. The van der Waals surface area contributed by atoms with Crippen LogP contribution in [0.1, 0.15) is 18.9 Å². The number of hydrogen-bond donors (Lipinski definition) is 0. The minimum atomic E-state index is -0.528. The molecule has 4 rings (SSSR count). The standard InChI is InChI=1S/C27H23ClN2O4S/c1-3-14-34-24-22(28)16-18(17-23(24)33-2)15-21-25(31)29(19-10-6-4-7-11-19)27(35)30(26(21)32)20-12-8-5-9-13-20/h4-13,15-17H,3,14H2,1-2H3. The lowest BCUT2D eigenvalue weighted by molar-refractivity contribution is -0.120. The molecule has 3 aromatic carbocycles. The van der Waals surface area contributed by atoms with E-state index >= 15 is 0 Å². The van der Waals surface area contributed by atoms with Crippen LogP contribution in [0.15, 0.2) is 78.4 Å². The number of benzene rings is 3. The van der Waals surface area contributed by atoms with Crippen molar-refractivity contribution < 1.29 is 19.1 Å². The first-order chi connectivity index (χ1) is 17.0. The van der Waals surface area contributed by atoms with E-state index < -0.39 is 11.8 Å². The van der Waals surface area contributed by atoms with E-state index in [9.17, 15) is 9.59 Å². The molecule has 0 atom stereocenters. The fourth-order valence-electron chi connectivity index (χ4n) is 3.67. The van der Waals surface area contributed by atoms with Gasteiger partial charge in [0.25, 0.3) is 11.8 Å². The number of hydrogen-bond acceptors (Lipinski definition) is 5. The molecule has 1 saturated heterocycles. The molecule has 8 heteroatoms. The number of amides is 2. The molecule has 1 aliphatic rings. The molecule has 0 radical (unpaired) electrons. The van der Waals surface area contributed by atoms with Gasteiger partial charge in [0.15, 0.2) is 16.6 Å². The van der Waals surface area contributed by atoms with Crippen LogP contribution in [-0.2, 0) is 9.59 Å². The molecule has 35 heavy (non-hydrogen) atoms. The second kappa shape index (κ2) is 10.7. The van der Waals surface area contributed by atoms with Crippen molar-refractivity contribution in [3.63, 3.8) is 0 Å². The van der Waals surface area contributed by atoms with E-state index in [4.69, 9.17) is 33.3 Å². The van der Waals surface area contributed by atoms with E-state index in [1.54, 1.807) is 60.7 Å². The summed E-state index contributed by atoms with van der Waals surface area (Å²) in [5.74, 6) is -0.235. The van der Waals surface area contributed by atoms with E-state index in [1.807, 2.05) is 19.1 Å². The van der Waals surface area contributed by atoms with E-state index in [2.05, 4.69) is 0 Å². The van der Waals surface area contributed by atoms with Gasteiger partial charge in [0, 0.05) is 0 Å². The number of methoxy groups -OCH3 is 1. The number of ether oxygens (including phenoxy) is 2. The fraction of sp³-hybridized carbons (Fsp3) is 0.148. The van der Waals surface area contributed by atoms with E-state index in [0.29, 0.717) is 40.1 Å². The Morgan fingerprint density at radius 2 is 1.46 bits per heavy atom. The number of rotatable bonds is 7. The lowest BCUT2D eigenvalue weighted by atomic mass is 10.0. The van der Waals surface area contributed by atoms with Gasteiger partial charge in [0.1, 0.15) is 5.57 Å². The fourth-order valence-corrected chi connectivity index (χ4v) is 4.32. The largest absolute Gasteiger partial charge is 0.493 e. The maximum Gasteiger partial charge on any atom is 0.270 e. The number of nitrogens with zero attached hydrogens (tertiary/aromatic N) is 2. The Hall–Kier alpha value is -3.68. The maximum atomic E-state index is 13.6. The average molecular weight is 507 g/mol. The van der Waals surface area contributed by atoms with E-state index in [1.165, 1.54) is 23.0 Å². The molecule has 1 heterocycles. The lowest BCUT2D eigenvalue weighted by Crippen LogP contribution is -2.56. The molecule has 0 bridgehead atoms. The van der Waals surface area contributed by atoms with Crippen molar-refractivity contribution >= 4 is 58.2 Å². The smallest absolute Gasteiger partial charge is 0.270 e.